The minimum atomic E-state index is -3.74. The molecule has 0 aliphatic carbocycles. The van der Waals surface area contributed by atoms with E-state index in [1.165, 1.54) is 0 Å². The van der Waals surface area contributed by atoms with Gasteiger partial charge in [-0.1, -0.05) is 106 Å². The number of ether oxygens (including phenoxy) is 6. The maximum absolute atomic E-state index is 12.9. The summed E-state index contributed by atoms with van der Waals surface area (Å²) < 4.78 is 117. The monoisotopic (exact) mass is 1530 g/mol. The Morgan fingerprint density at radius 3 is 0.918 bits per heavy atom. The molecule has 3 unspecified atom stereocenters. The zero-order chi connectivity index (χ0) is 70.4. The van der Waals surface area contributed by atoms with Crippen LogP contribution in [0.3, 0.4) is 0 Å². The Balaban J connectivity index is 0.000000319. The number of hydrogen-bond acceptors (Lipinski definition) is 17. The third kappa shape index (κ3) is 23.6. The summed E-state index contributed by atoms with van der Waals surface area (Å²) in [4.78, 5) is 19.1. The van der Waals surface area contributed by atoms with E-state index < -0.39 is 30.1 Å². The summed E-state index contributed by atoms with van der Waals surface area (Å²) in [5.41, 5.74) is 14.6. The van der Waals surface area contributed by atoms with Gasteiger partial charge in [-0.25, -0.2) is 44.2 Å². The van der Waals surface area contributed by atoms with E-state index in [-0.39, 0.29) is 131 Å². The molecule has 9 rings (SSSR count). The minimum Gasteiger partial charge on any atom is -0.378 e. The van der Waals surface area contributed by atoms with Crippen LogP contribution in [0.5, 0.6) is 0 Å². The summed E-state index contributed by atoms with van der Waals surface area (Å²) in [5, 5.41) is 9.00. The number of hydrogen-bond donors (Lipinski definition) is 6. The summed E-state index contributed by atoms with van der Waals surface area (Å²) in [6, 6.07) is 31.3. The Labute approximate surface area is 605 Å². The number of fused-ring (bicyclic) bond motifs is 3. The molecule has 0 saturated heterocycles. The van der Waals surface area contributed by atoms with Crippen LogP contribution in [-0.2, 0) is 78.1 Å². The number of carbonyl (C=O) groups excluding carboxylic acids is 1. The van der Waals surface area contributed by atoms with E-state index in [4.69, 9.17) is 104 Å². The van der Waals surface area contributed by atoms with Gasteiger partial charge in [0.1, 0.15) is 0 Å². The molecule has 0 saturated carbocycles. The lowest BCUT2D eigenvalue weighted by Crippen LogP contribution is -2.39. The predicted octanol–water partition coefficient (Wildman–Crippen LogP) is 8.92. The number of nitrogens with zero attached hydrogens (tertiary/aromatic N) is 3. The highest BCUT2D eigenvalue weighted by Crippen LogP contribution is 2.42. The van der Waals surface area contributed by atoms with E-state index >= 15 is 0 Å². The molecule has 0 spiro atoms. The molecule has 31 heteroatoms. The predicted molar refractivity (Wildman–Crippen MR) is 384 cm³/mol. The van der Waals surface area contributed by atoms with Crippen molar-refractivity contribution in [1.82, 2.24) is 39.5 Å². The van der Waals surface area contributed by atoms with Gasteiger partial charge in [0.2, 0.25) is 30.1 Å². The van der Waals surface area contributed by atoms with Crippen molar-refractivity contribution in [2.45, 2.75) is 52.1 Å². The fourth-order valence-electron chi connectivity index (χ4n) is 11.6. The van der Waals surface area contributed by atoms with Crippen molar-refractivity contribution in [3.63, 3.8) is 0 Å². The third-order valence-corrected chi connectivity index (χ3v) is 22.4. The van der Waals surface area contributed by atoms with Crippen LogP contribution < -0.4 is 30.5 Å². The standard InChI is InChI=1S/C45H56Cl4N6O9S2.C22H29Cl2N3O4S/c1-54-27-39(37-23-33(46)25-43(48)41(37)29-54)31-3-7-35(8-4-31)65(57,58)52-13-17-63-21-19-61-15-11-50-45(56)51-12-16-62-20-22-64-18-14-53-66(59,60)36-9-5-32(6-10-36)40-28-55(2)30-42-38(40)24-34(47)26-44(42)49;1-27-14-20(19-12-17(23)13-22(24)21(19)15-27)16-2-4-18(5-3-16)32(28,29)26-7-9-31-11-10-30-8-6-25/h3-10,23-26,39-40,52-53H,11-22,27-30H2,1-2H3,(H2,50,51,56);2-5,12-13,20,26H,6-11,14-15,25H2,1H3. The average Bonchev–Trinajstić information content (AvgIpc) is 0.797. The second-order valence-corrected chi connectivity index (χ2v) is 31.5. The Morgan fingerprint density at radius 2 is 0.653 bits per heavy atom. The van der Waals surface area contributed by atoms with Crippen LogP contribution in [-0.4, -0.2) is 205 Å². The minimum absolute atomic E-state index is 0.00240. The summed E-state index contributed by atoms with van der Waals surface area (Å²) in [5.74, 6) is 0.0599. The first-order valence-corrected chi connectivity index (χ1v) is 38.6. The Hall–Kier alpha value is -4.34. The van der Waals surface area contributed by atoms with Gasteiger partial charge in [0, 0.05) is 126 Å². The quantitative estimate of drug-likeness (QED) is 0.0203. The molecule has 22 nitrogen and oxygen atoms in total. The van der Waals surface area contributed by atoms with E-state index in [9.17, 15) is 30.0 Å². The molecular weight excluding hydrogens is 1450 g/mol. The molecule has 536 valence electrons. The van der Waals surface area contributed by atoms with Gasteiger partial charge >= 0.3 is 6.03 Å². The number of urea groups is 1. The SMILES string of the molecule is CN1Cc2c(Cl)cc(Cl)cc2C(c2ccc(S(=O)(=O)NCCOCCOCCN)cc2)C1.CN1Cc2c(Cl)cc(Cl)cc2C(c2ccc(S(=O)(=O)NCCOCCOCCNC(=O)NCCOCCOCCNS(=O)(=O)c3ccc(C4CN(C)Cc5c(Cl)cc(Cl)cc54)cc3)cc2)C1. The van der Waals surface area contributed by atoms with Crippen LogP contribution in [0, 0.1) is 0 Å². The topological polar surface area (TPSA) is 271 Å². The van der Waals surface area contributed by atoms with Crippen molar-refractivity contribution in [2.24, 2.45) is 5.73 Å². The van der Waals surface area contributed by atoms with Crippen molar-refractivity contribution in [3.8, 4) is 0 Å². The molecule has 3 aliphatic heterocycles. The number of carbonyl (C=O) groups is 1. The van der Waals surface area contributed by atoms with Gasteiger partial charge in [-0.05, 0) is 144 Å². The normalized spacial score (nSPS) is 16.8. The second kappa shape index (κ2) is 38.8. The van der Waals surface area contributed by atoms with Crippen LogP contribution in [0.15, 0.2) is 124 Å². The van der Waals surface area contributed by atoms with Crippen molar-refractivity contribution in [3.05, 3.63) is 189 Å². The van der Waals surface area contributed by atoms with E-state index in [0.717, 1.165) is 76.3 Å². The van der Waals surface area contributed by atoms with Gasteiger partial charge in [0.25, 0.3) is 0 Å². The lowest BCUT2D eigenvalue weighted by molar-refractivity contribution is 0.0504. The second-order valence-electron chi connectivity index (χ2n) is 23.7. The molecule has 0 aromatic heterocycles. The molecule has 2 amide bonds. The smallest absolute Gasteiger partial charge is 0.314 e. The lowest BCUT2D eigenvalue weighted by atomic mass is 9.85. The molecule has 0 radical (unpaired) electrons. The number of benzene rings is 6. The number of rotatable bonds is 35. The molecule has 6 aromatic rings. The molecule has 7 N–H and O–H groups in total. The molecule has 6 aromatic carbocycles. The van der Waals surface area contributed by atoms with Gasteiger partial charge in [-0.15, -0.1) is 0 Å². The van der Waals surface area contributed by atoms with Gasteiger partial charge in [-0.2, -0.15) is 0 Å². The maximum atomic E-state index is 12.9. The van der Waals surface area contributed by atoms with E-state index in [2.05, 4.69) is 39.5 Å². The highest BCUT2D eigenvalue weighted by molar-refractivity contribution is 7.90. The first-order chi connectivity index (χ1) is 46.9. The molecule has 3 aliphatic rings. The largest absolute Gasteiger partial charge is 0.378 e. The van der Waals surface area contributed by atoms with E-state index in [0.29, 0.717) is 69.6 Å². The van der Waals surface area contributed by atoms with Gasteiger partial charge in [0.05, 0.1) is 94.0 Å². The van der Waals surface area contributed by atoms with Crippen molar-refractivity contribution < 1.29 is 58.5 Å². The summed E-state index contributed by atoms with van der Waals surface area (Å²) in [7, 11) is -5.03. The van der Waals surface area contributed by atoms with Crippen molar-refractivity contribution in [1.29, 1.82) is 0 Å². The highest BCUT2D eigenvalue weighted by Gasteiger charge is 2.31. The van der Waals surface area contributed by atoms with Crippen molar-refractivity contribution >= 4 is 106 Å². The fraction of sp³-hybridized carbons (Fsp3) is 0.448. The lowest BCUT2D eigenvalue weighted by Gasteiger charge is -2.33. The maximum Gasteiger partial charge on any atom is 0.314 e. The van der Waals surface area contributed by atoms with Gasteiger partial charge in [0.15, 0.2) is 0 Å². The van der Waals surface area contributed by atoms with Crippen LogP contribution >= 0.6 is 69.6 Å². The van der Waals surface area contributed by atoms with Crippen LogP contribution in [0.4, 0.5) is 4.79 Å². The third-order valence-electron chi connectivity index (χ3n) is 16.3. The molecule has 3 heterocycles. The van der Waals surface area contributed by atoms with Crippen LogP contribution in [0.2, 0.25) is 30.1 Å². The molecular formula is C67H85Cl6N9O13S3. The van der Waals surface area contributed by atoms with E-state index in [1.807, 2.05) is 75.7 Å². The first kappa shape index (κ1) is 79.4. The number of nitrogens with one attached hydrogen (secondary N) is 5. The fourth-order valence-corrected chi connectivity index (χ4v) is 16.4. The highest BCUT2D eigenvalue weighted by atomic mass is 35.5. The Bertz CT molecular complexity index is 3760. The molecule has 3 atom stereocenters. The van der Waals surface area contributed by atoms with Crippen LogP contribution in [0.1, 0.15) is 67.8 Å². The van der Waals surface area contributed by atoms with Gasteiger partial charge < -0.3 is 59.5 Å². The number of likely N-dealkylation sites (N-methyl/N-ethyl adjacent to an activating group) is 3. The molecule has 98 heavy (non-hydrogen) atoms. The zero-order valence-corrected chi connectivity index (χ0v) is 61.8. The number of nitrogens with two attached hydrogens (primary N) is 1. The Kier molecular flexibility index (Phi) is 31.4. The Morgan fingerprint density at radius 1 is 0.398 bits per heavy atom. The zero-order valence-electron chi connectivity index (χ0n) is 54.8. The number of amides is 2. The number of halogens is 6. The number of sulfonamides is 3. The molecule has 0 fully saturated rings. The summed E-state index contributed by atoms with van der Waals surface area (Å²) in [6.07, 6.45) is 0. The van der Waals surface area contributed by atoms with Crippen molar-refractivity contribution in [2.75, 3.05) is 159 Å². The average molecular weight is 1530 g/mol. The summed E-state index contributed by atoms with van der Waals surface area (Å²) in [6.45, 7) is 9.28. The molecule has 0 bridgehead atoms. The van der Waals surface area contributed by atoms with E-state index in [1.54, 1.807) is 54.6 Å². The summed E-state index contributed by atoms with van der Waals surface area (Å²) >= 11 is 38.3. The first-order valence-electron chi connectivity index (χ1n) is 31.9. The van der Waals surface area contributed by atoms with Gasteiger partial charge in [-0.3, -0.25) is 0 Å². The van der Waals surface area contributed by atoms with Crippen LogP contribution in [0.25, 0.3) is 0 Å².